The number of benzene rings is 1. The molecular weight excluding hydrogens is 378 g/mol. The van der Waals surface area contributed by atoms with Crippen LogP contribution in [0.25, 0.3) is 0 Å². The molecule has 0 radical (unpaired) electrons. The summed E-state index contributed by atoms with van der Waals surface area (Å²) in [5.74, 6) is 0.236. The van der Waals surface area contributed by atoms with Crippen LogP contribution in [0.15, 0.2) is 47.8 Å². The van der Waals surface area contributed by atoms with Gasteiger partial charge in [0.15, 0.2) is 5.78 Å². The Kier molecular flexibility index (Phi) is 5.88. The van der Waals surface area contributed by atoms with Crippen LogP contribution in [0.2, 0.25) is 0 Å². The number of rotatable bonds is 6. The SMILES string of the molecule is Cc1ccccc1N1CCN(CC(=O)c2cc(C)n(Cc3cccs3)c2C)CC1. The monoisotopic (exact) mass is 407 g/mol. The zero-order chi connectivity index (χ0) is 20.4. The largest absolute Gasteiger partial charge is 0.369 e. The van der Waals surface area contributed by atoms with E-state index >= 15 is 0 Å². The highest BCUT2D eigenvalue weighted by Gasteiger charge is 2.22. The number of carbonyl (C=O) groups excluding carboxylic acids is 1. The van der Waals surface area contributed by atoms with Crippen molar-refractivity contribution in [1.82, 2.24) is 9.47 Å². The fourth-order valence-corrected chi connectivity index (χ4v) is 4.93. The van der Waals surface area contributed by atoms with Crippen molar-refractivity contribution in [2.24, 2.45) is 0 Å². The molecule has 1 aliphatic rings. The molecule has 2 aromatic heterocycles. The maximum Gasteiger partial charge on any atom is 0.178 e. The maximum absolute atomic E-state index is 13.0. The highest BCUT2D eigenvalue weighted by molar-refractivity contribution is 7.09. The third-order valence-corrected chi connectivity index (χ3v) is 6.82. The van der Waals surface area contributed by atoms with E-state index in [1.54, 1.807) is 11.3 Å². The number of thiophene rings is 1. The van der Waals surface area contributed by atoms with E-state index in [9.17, 15) is 4.79 Å². The molecule has 0 aliphatic carbocycles. The van der Waals surface area contributed by atoms with Gasteiger partial charge in [0.2, 0.25) is 0 Å². The number of Topliss-reactive ketones (excluding diaryl/α,β-unsaturated/α-hetero) is 1. The van der Waals surface area contributed by atoms with E-state index in [2.05, 4.69) is 83.0 Å². The number of aryl methyl sites for hydroxylation is 2. The van der Waals surface area contributed by atoms with E-state index in [0.717, 1.165) is 49.7 Å². The van der Waals surface area contributed by atoms with Gasteiger partial charge < -0.3 is 9.47 Å². The smallest absolute Gasteiger partial charge is 0.178 e. The lowest BCUT2D eigenvalue weighted by atomic mass is 10.1. The highest BCUT2D eigenvalue weighted by Crippen LogP contribution is 2.22. The quantitative estimate of drug-likeness (QED) is 0.562. The lowest BCUT2D eigenvalue weighted by Crippen LogP contribution is -2.48. The molecular formula is C24H29N3OS. The molecule has 0 saturated carbocycles. The van der Waals surface area contributed by atoms with Crippen LogP contribution in [0.1, 0.15) is 32.2 Å². The first-order valence-corrected chi connectivity index (χ1v) is 11.2. The van der Waals surface area contributed by atoms with Gasteiger partial charge in [-0.05, 0) is 49.9 Å². The zero-order valence-corrected chi connectivity index (χ0v) is 18.3. The summed E-state index contributed by atoms with van der Waals surface area (Å²) in [4.78, 5) is 19.1. The van der Waals surface area contributed by atoms with Gasteiger partial charge in [-0.2, -0.15) is 0 Å². The predicted octanol–water partition coefficient (Wildman–Crippen LogP) is 4.53. The number of carbonyl (C=O) groups is 1. The Balaban J connectivity index is 1.39. The number of nitrogens with zero attached hydrogens (tertiary/aromatic N) is 3. The second-order valence-electron chi connectivity index (χ2n) is 7.92. The summed E-state index contributed by atoms with van der Waals surface area (Å²) in [6, 6.07) is 14.8. The first-order valence-electron chi connectivity index (χ1n) is 10.3. The Labute approximate surface area is 177 Å². The fourth-order valence-electron chi connectivity index (χ4n) is 4.24. The van der Waals surface area contributed by atoms with Gasteiger partial charge in [-0.15, -0.1) is 11.3 Å². The zero-order valence-electron chi connectivity index (χ0n) is 17.5. The van der Waals surface area contributed by atoms with Crippen LogP contribution >= 0.6 is 11.3 Å². The van der Waals surface area contributed by atoms with Crippen molar-refractivity contribution in [3.8, 4) is 0 Å². The highest BCUT2D eigenvalue weighted by atomic mass is 32.1. The molecule has 1 aliphatic heterocycles. The number of para-hydroxylation sites is 1. The third kappa shape index (κ3) is 4.31. The molecule has 1 fully saturated rings. The van der Waals surface area contributed by atoms with Crippen LogP contribution in [0.4, 0.5) is 5.69 Å². The second kappa shape index (κ2) is 8.56. The fraction of sp³-hybridized carbons (Fsp3) is 0.375. The maximum atomic E-state index is 13.0. The Bertz CT molecular complexity index is 982. The molecule has 5 heteroatoms. The van der Waals surface area contributed by atoms with Gasteiger partial charge in [0.05, 0.1) is 13.1 Å². The van der Waals surface area contributed by atoms with Gasteiger partial charge in [-0.3, -0.25) is 9.69 Å². The van der Waals surface area contributed by atoms with E-state index in [4.69, 9.17) is 0 Å². The van der Waals surface area contributed by atoms with E-state index in [1.807, 2.05) is 0 Å². The predicted molar refractivity (Wildman–Crippen MR) is 121 cm³/mol. The van der Waals surface area contributed by atoms with E-state index in [1.165, 1.54) is 16.1 Å². The minimum Gasteiger partial charge on any atom is -0.369 e. The summed E-state index contributed by atoms with van der Waals surface area (Å²) < 4.78 is 2.26. The van der Waals surface area contributed by atoms with Crippen molar-refractivity contribution < 1.29 is 4.79 Å². The van der Waals surface area contributed by atoms with Crippen LogP contribution in [0.3, 0.4) is 0 Å². The van der Waals surface area contributed by atoms with Gasteiger partial charge in [0.1, 0.15) is 0 Å². The van der Waals surface area contributed by atoms with Gasteiger partial charge in [0, 0.05) is 53.7 Å². The van der Waals surface area contributed by atoms with Gasteiger partial charge in [-0.1, -0.05) is 24.3 Å². The number of ketones is 1. The molecule has 1 aromatic carbocycles. The Hall–Kier alpha value is -2.37. The number of piperazine rings is 1. The summed E-state index contributed by atoms with van der Waals surface area (Å²) in [7, 11) is 0. The van der Waals surface area contributed by atoms with E-state index in [0.29, 0.717) is 6.54 Å². The molecule has 3 aromatic rings. The molecule has 0 N–H and O–H groups in total. The van der Waals surface area contributed by atoms with Crippen molar-refractivity contribution in [2.45, 2.75) is 27.3 Å². The number of hydrogen-bond donors (Lipinski definition) is 0. The van der Waals surface area contributed by atoms with Crippen molar-refractivity contribution >= 4 is 22.8 Å². The van der Waals surface area contributed by atoms with Crippen molar-refractivity contribution in [3.63, 3.8) is 0 Å². The summed E-state index contributed by atoms with van der Waals surface area (Å²) in [5, 5.41) is 2.10. The lowest BCUT2D eigenvalue weighted by molar-refractivity contribution is 0.0925. The van der Waals surface area contributed by atoms with Crippen LogP contribution < -0.4 is 4.90 Å². The van der Waals surface area contributed by atoms with E-state index in [-0.39, 0.29) is 5.78 Å². The normalized spacial score (nSPS) is 15.1. The second-order valence-corrected chi connectivity index (χ2v) is 8.96. The minimum absolute atomic E-state index is 0.236. The standard InChI is InChI=1S/C24H29N3OS/c1-18-7-4-5-9-23(18)26-12-10-25(11-13-26)17-24(28)22-15-19(2)27(20(22)3)16-21-8-6-14-29-21/h4-9,14-15H,10-13,16-17H2,1-3H3. The van der Waals surface area contributed by atoms with Gasteiger partial charge >= 0.3 is 0 Å². The first-order chi connectivity index (χ1) is 14.0. The Morgan fingerprint density at radius 1 is 1.00 bits per heavy atom. The molecule has 0 atom stereocenters. The molecule has 0 unspecified atom stereocenters. The first kappa shape index (κ1) is 19.9. The molecule has 0 spiro atoms. The summed E-state index contributed by atoms with van der Waals surface area (Å²) in [6.07, 6.45) is 0. The third-order valence-electron chi connectivity index (χ3n) is 5.96. The van der Waals surface area contributed by atoms with Crippen molar-refractivity contribution in [1.29, 1.82) is 0 Å². The summed E-state index contributed by atoms with van der Waals surface area (Å²) in [6.45, 7) is 11.5. The summed E-state index contributed by atoms with van der Waals surface area (Å²) >= 11 is 1.76. The molecule has 3 heterocycles. The lowest BCUT2D eigenvalue weighted by Gasteiger charge is -2.36. The molecule has 1 saturated heterocycles. The molecule has 4 nitrogen and oxygen atoms in total. The number of anilines is 1. The topological polar surface area (TPSA) is 28.5 Å². The average molecular weight is 408 g/mol. The van der Waals surface area contributed by atoms with Gasteiger partial charge in [0.25, 0.3) is 0 Å². The van der Waals surface area contributed by atoms with E-state index < -0.39 is 0 Å². The van der Waals surface area contributed by atoms with Crippen LogP contribution in [-0.2, 0) is 6.54 Å². The number of hydrogen-bond acceptors (Lipinski definition) is 4. The molecule has 4 rings (SSSR count). The van der Waals surface area contributed by atoms with Crippen molar-refractivity contribution in [2.75, 3.05) is 37.6 Å². The summed E-state index contributed by atoms with van der Waals surface area (Å²) in [5.41, 5.74) is 5.74. The average Bonchev–Trinajstić information content (AvgIpc) is 3.33. The molecule has 0 amide bonds. The number of aromatic nitrogens is 1. The van der Waals surface area contributed by atoms with Crippen molar-refractivity contribution in [3.05, 3.63) is 75.2 Å². The molecule has 0 bridgehead atoms. The Morgan fingerprint density at radius 3 is 2.45 bits per heavy atom. The molecule has 152 valence electrons. The Morgan fingerprint density at radius 2 is 1.76 bits per heavy atom. The molecule has 29 heavy (non-hydrogen) atoms. The van der Waals surface area contributed by atoms with Crippen LogP contribution in [-0.4, -0.2) is 48.0 Å². The minimum atomic E-state index is 0.236. The van der Waals surface area contributed by atoms with Gasteiger partial charge in [-0.25, -0.2) is 0 Å². The van der Waals surface area contributed by atoms with Crippen LogP contribution in [0.5, 0.6) is 0 Å². The van der Waals surface area contributed by atoms with Crippen LogP contribution in [0, 0.1) is 20.8 Å².